The lowest BCUT2D eigenvalue weighted by molar-refractivity contribution is -0.142. The Kier molecular flexibility index (Phi) is 6.57. The van der Waals surface area contributed by atoms with Crippen LogP contribution in [-0.4, -0.2) is 52.7 Å². The van der Waals surface area contributed by atoms with Gasteiger partial charge in [-0.15, -0.1) is 0 Å². The molecule has 5 rings (SSSR count). The first-order valence-electron chi connectivity index (χ1n) is 12.4. The van der Waals surface area contributed by atoms with Gasteiger partial charge in [0.25, 0.3) is 5.91 Å². The third kappa shape index (κ3) is 4.68. The quantitative estimate of drug-likeness (QED) is 0.564. The highest BCUT2D eigenvalue weighted by molar-refractivity contribution is 6.30. The molecule has 2 heterocycles. The van der Waals surface area contributed by atoms with E-state index in [1.807, 2.05) is 33.8 Å². The fraction of sp³-hybridized carbons (Fsp3) is 0.538. The smallest absolute Gasteiger partial charge is 0.307 e. The first-order chi connectivity index (χ1) is 16.9. The molecule has 1 aromatic heterocycles. The zero-order chi connectivity index (χ0) is 24.6. The average Bonchev–Trinajstić information content (AvgIpc) is 3.58. The number of hydrogen-bond acceptors (Lipinski definition) is 5. The van der Waals surface area contributed by atoms with E-state index in [1.54, 1.807) is 0 Å². The third-order valence-corrected chi connectivity index (χ3v) is 7.87. The summed E-state index contributed by atoms with van der Waals surface area (Å²) in [6.07, 6.45) is 5.79. The van der Waals surface area contributed by atoms with Crippen LogP contribution in [0.2, 0.25) is 5.02 Å². The van der Waals surface area contributed by atoms with Gasteiger partial charge in [0.1, 0.15) is 0 Å². The van der Waals surface area contributed by atoms with Crippen LogP contribution in [0.3, 0.4) is 0 Å². The predicted octanol–water partition coefficient (Wildman–Crippen LogP) is 3.25. The van der Waals surface area contributed by atoms with Crippen molar-refractivity contribution in [2.45, 2.75) is 63.5 Å². The molecule has 8 nitrogen and oxygen atoms in total. The van der Waals surface area contributed by atoms with Gasteiger partial charge in [-0.25, -0.2) is 0 Å². The molecular weight excluding hydrogens is 468 g/mol. The Morgan fingerprint density at radius 2 is 1.94 bits per heavy atom. The van der Waals surface area contributed by atoms with Crippen molar-refractivity contribution < 1.29 is 19.1 Å². The zero-order valence-electron chi connectivity index (χ0n) is 20.0. The van der Waals surface area contributed by atoms with Crippen LogP contribution in [0.1, 0.15) is 65.8 Å². The second kappa shape index (κ2) is 9.64. The molecule has 2 amide bonds. The Bertz CT molecular complexity index is 1130. The van der Waals surface area contributed by atoms with Crippen molar-refractivity contribution in [2.24, 2.45) is 5.92 Å². The number of methoxy groups -OCH3 is 1. The number of amides is 2. The number of esters is 1. The summed E-state index contributed by atoms with van der Waals surface area (Å²) in [5, 5.41) is 8.13. The molecule has 0 radical (unpaired) electrons. The van der Waals surface area contributed by atoms with Crippen molar-refractivity contribution >= 4 is 29.4 Å². The van der Waals surface area contributed by atoms with Crippen molar-refractivity contribution in [2.75, 3.05) is 20.2 Å². The lowest BCUT2D eigenvalue weighted by atomic mass is 9.63. The van der Waals surface area contributed by atoms with E-state index in [0.717, 1.165) is 42.6 Å². The maximum atomic E-state index is 13.9. The molecule has 2 aromatic rings. The van der Waals surface area contributed by atoms with E-state index in [9.17, 15) is 14.4 Å². The third-order valence-electron chi connectivity index (χ3n) is 7.62. The van der Waals surface area contributed by atoms with Crippen molar-refractivity contribution in [1.29, 1.82) is 0 Å². The van der Waals surface area contributed by atoms with Gasteiger partial charge in [-0.2, -0.15) is 5.10 Å². The topological polar surface area (TPSA) is 93.5 Å². The van der Waals surface area contributed by atoms with Gasteiger partial charge in [0, 0.05) is 48.9 Å². The summed E-state index contributed by atoms with van der Waals surface area (Å²) in [7, 11) is 1.32. The normalized spacial score (nSPS) is 18.4. The van der Waals surface area contributed by atoms with E-state index in [-0.39, 0.29) is 30.7 Å². The summed E-state index contributed by atoms with van der Waals surface area (Å²) in [5.74, 6) is 0.0298. The molecular formula is C26H31ClN4O4. The van der Waals surface area contributed by atoms with Crippen LogP contribution >= 0.6 is 11.6 Å². The molecule has 0 bridgehead atoms. The Balaban J connectivity index is 1.38. The number of fused-ring (bicyclic) bond motifs is 1. The molecule has 35 heavy (non-hydrogen) atoms. The van der Waals surface area contributed by atoms with Gasteiger partial charge in [-0.05, 0) is 49.3 Å². The van der Waals surface area contributed by atoms with E-state index >= 15 is 0 Å². The van der Waals surface area contributed by atoms with E-state index in [2.05, 4.69) is 15.2 Å². The van der Waals surface area contributed by atoms with Crippen LogP contribution in [0.15, 0.2) is 24.3 Å². The van der Waals surface area contributed by atoms with Crippen LogP contribution in [0, 0.1) is 5.92 Å². The number of ether oxygens (including phenoxy) is 1. The van der Waals surface area contributed by atoms with Crippen molar-refractivity contribution in [3.05, 3.63) is 51.8 Å². The van der Waals surface area contributed by atoms with Crippen LogP contribution in [-0.2, 0) is 39.3 Å². The summed E-state index contributed by atoms with van der Waals surface area (Å²) in [6.45, 7) is 1.97. The molecule has 2 saturated carbocycles. The second-order valence-electron chi connectivity index (χ2n) is 9.90. The number of halogens is 1. The summed E-state index contributed by atoms with van der Waals surface area (Å²) in [5.41, 5.74) is 2.72. The predicted molar refractivity (Wildman–Crippen MR) is 130 cm³/mol. The SMILES string of the molecule is COC(=O)CCNC(=O)c1nn(CC2CC2)c2c1CN(C(=O)C1(c3ccc(Cl)cc3)CCC1)CC2. The molecule has 186 valence electrons. The number of hydrogen-bond donors (Lipinski definition) is 1. The maximum Gasteiger partial charge on any atom is 0.307 e. The van der Waals surface area contributed by atoms with E-state index in [1.165, 1.54) is 20.0 Å². The van der Waals surface area contributed by atoms with Gasteiger partial charge < -0.3 is 15.0 Å². The minimum Gasteiger partial charge on any atom is -0.469 e. The van der Waals surface area contributed by atoms with Crippen molar-refractivity contribution in [3.8, 4) is 0 Å². The molecule has 0 saturated heterocycles. The minimum absolute atomic E-state index is 0.0986. The average molecular weight is 499 g/mol. The van der Waals surface area contributed by atoms with Gasteiger partial charge in [0.15, 0.2) is 5.69 Å². The molecule has 1 aromatic carbocycles. The Hall–Kier alpha value is -2.87. The minimum atomic E-state index is -0.519. The number of benzene rings is 1. The molecule has 2 aliphatic carbocycles. The van der Waals surface area contributed by atoms with Crippen molar-refractivity contribution in [1.82, 2.24) is 20.0 Å². The molecule has 1 N–H and O–H groups in total. The van der Waals surface area contributed by atoms with Crippen LogP contribution in [0.4, 0.5) is 0 Å². The zero-order valence-corrected chi connectivity index (χ0v) is 20.8. The Labute approximate surface area is 209 Å². The highest BCUT2D eigenvalue weighted by Gasteiger charge is 2.48. The molecule has 0 unspecified atom stereocenters. The lowest BCUT2D eigenvalue weighted by Gasteiger charge is -2.45. The molecule has 2 fully saturated rings. The van der Waals surface area contributed by atoms with Gasteiger partial charge in [-0.3, -0.25) is 19.1 Å². The van der Waals surface area contributed by atoms with Gasteiger partial charge in [0.2, 0.25) is 5.91 Å². The van der Waals surface area contributed by atoms with Crippen molar-refractivity contribution in [3.63, 3.8) is 0 Å². The fourth-order valence-electron chi connectivity index (χ4n) is 5.23. The number of aromatic nitrogens is 2. The number of nitrogens with zero attached hydrogens (tertiary/aromatic N) is 3. The monoisotopic (exact) mass is 498 g/mol. The summed E-state index contributed by atoms with van der Waals surface area (Å²) in [6, 6.07) is 7.61. The molecule has 0 atom stereocenters. The van der Waals surface area contributed by atoms with E-state index in [0.29, 0.717) is 36.1 Å². The van der Waals surface area contributed by atoms with Crippen LogP contribution < -0.4 is 5.32 Å². The molecule has 0 spiro atoms. The van der Waals surface area contributed by atoms with Gasteiger partial charge in [-0.1, -0.05) is 30.2 Å². The fourth-order valence-corrected chi connectivity index (χ4v) is 5.36. The molecule has 9 heteroatoms. The first kappa shape index (κ1) is 23.9. The van der Waals surface area contributed by atoms with Gasteiger partial charge >= 0.3 is 5.97 Å². The van der Waals surface area contributed by atoms with E-state index < -0.39 is 5.41 Å². The Morgan fingerprint density at radius 1 is 1.20 bits per heavy atom. The van der Waals surface area contributed by atoms with E-state index in [4.69, 9.17) is 11.6 Å². The highest BCUT2D eigenvalue weighted by Crippen LogP contribution is 2.46. The second-order valence-corrected chi connectivity index (χ2v) is 10.3. The number of carbonyl (C=O) groups is 3. The number of rotatable bonds is 8. The number of nitrogens with one attached hydrogen (secondary N) is 1. The molecule has 3 aliphatic rings. The summed E-state index contributed by atoms with van der Waals surface area (Å²) in [4.78, 5) is 40.2. The molecule has 1 aliphatic heterocycles. The Morgan fingerprint density at radius 3 is 2.57 bits per heavy atom. The largest absolute Gasteiger partial charge is 0.469 e. The standard InChI is InChI=1S/C26H31ClN4O4/c1-35-22(32)9-13-28-24(33)23-20-16-30(14-10-21(20)31(29-23)15-17-3-4-17)25(34)26(11-2-12-26)18-5-7-19(27)8-6-18/h5-8,17H,2-4,9-16H2,1H3,(H,28,33). The first-order valence-corrected chi connectivity index (χ1v) is 12.8. The maximum absolute atomic E-state index is 13.9. The summed E-state index contributed by atoms with van der Waals surface area (Å²) < 4.78 is 6.63. The summed E-state index contributed by atoms with van der Waals surface area (Å²) >= 11 is 6.09. The lowest BCUT2D eigenvalue weighted by Crippen LogP contribution is -2.52. The number of carbonyl (C=O) groups excluding carboxylic acids is 3. The van der Waals surface area contributed by atoms with Crippen LogP contribution in [0.25, 0.3) is 0 Å². The van der Waals surface area contributed by atoms with Crippen LogP contribution in [0.5, 0.6) is 0 Å². The highest BCUT2D eigenvalue weighted by atomic mass is 35.5. The van der Waals surface area contributed by atoms with Gasteiger partial charge in [0.05, 0.1) is 18.9 Å².